The molecule has 0 spiro atoms. The van der Waals surface area contributed by atoms with Gasteiger partial charge in [-0.3, -0.25) is 5.43 Å². The summed E-state index contributed by atoms with van der Waals surface area (Å²) in [5, 5.41) is 5.39. The largest absolute Gasteiger partial charge is 0.378 e. The van der Waals surface area contributed by atoms with Crippen LogP contribution in [-0.2, 0) is 0 Å². The highest BCUT2D eigenvalue weighted by molar-refractivity contribution is 9.10. The molecule has 0 amide bonds. The molecule has 1 aliphatic heterocycles. The number of halogens is 2. The van der Waals surface area contributed by atoms with Crippen molar-refractivity contribution in [2.24, 2.45) is 10.1 Å². The molecule has 0 radical (unpaired) electrons. The van der Waals surface area contributed by atoms with E-state index in [1.165, 1.54) is 0 Å². The first kappa shape index (κ1) is 18.7. The second-order valence-corrected chi connectivity index (χ2v) is 7.99. The number of nitrogens with one attached hydrogen (secondary N) is 1. The SMILES string of the molecule is CN(C)c1ccc(C2=NNC(c3ccc(Cl)cc3)=Nc3ccc(Br)cc32)cc1. The third kappa shape index (κ3) is 3.81. The Bertz CT molecular complexity index is 1070. The Kier molecular flexibility index (Phi) is 5.20. The van der Waals surface area contributed by atoms with Crippen molar-refractivity contribution in [3.63, 3.8) is 0 Å². The van der Waals surface area contributed by atoms with Gasteiger partial charge >= 0.3 is 0 Å². The van der Waals surface area contributed by atoms with Crippen LogP contribution in [-0.4, -0.2) is 25.6 Å². The zero-order chi connectivity index (χ0) is 19.7. The lowest BCUT2D eigenvalue weighted by Gasteiger charge is -2.14. The fourth-order valence-corrected chi connectivity index (χ4v) is 3.47. The van der Waals surface area contributed by atoms with Crippen LogP contribution in [0.25, 0.3) is 0 Å². The molecule has 0 atom stereocenters. The molecule has 28 heavy (non-hydrogen) atoms. The van der Waals surface area contributed by atoms with Crippen LogP contribution in [0.2, 0.25) is 5.02 Å². The molecule has 140 valence electrons. The van der Waals surface area contributed by atoms with Crippen molar-refractivity contribution >= 4 is 50.5 Å². The van der Waals surface area contributed by atoms with Crippen molar-refractivity contribution in [3.8, 4) is 0 Å². The van der Waals surface area contributed by atoms with E-state index in [9.17, 15) is 0 Å². The number of rotatable bonds is 3. The van der Waals surface area contributed by atoms with Gasteiger partial charge in [0.05, 0.1) is 5.69 Å². The molecule has 0 fully saturated rings. The van der Waals surface area contributed by atoms with Gasteiger partial charge in [0.15, 0.2) is 5.84 Å². The number of aliphatic imine (C=N–C) groups is 1. The van der Waals surface area contributed by atoms with Crippen molar-refractivity contribution in [2.75, 3.05) is 19.0 Å². The van der Waals surface area contributed by atoms with Gasteiger partial charge in [-0.05, 0) is 54.6 Å². The van der Waals surface area contributed by atoms with Crippen molar-refractivity contribution in [1.82, 2.24) is 5.43 Å². The third-order valence-corrected chi connectivity index (χ3v) is 5.24. The molecule has 3 aromatic rings. The normalized spacial score (nSPS) is 13.0. The maximum absolute atomic E-state index is 6.02. The average molecular weight is 454 g/mol. The van der Waals surface area contributed by atoms with Crippen LogP contribution in [0.15, 0.2) is 81.3 Å². The Morgan fingerprint density at radius 3 is 2.25 bits per heavy atom. The maximum Gasteiger partial charge on any atom is 0.154 e. The summed E-state index contributed by atoms with van der Waals surface area (Å²) in [6.07, 6.45) is 0. The molecule has 0 saturated heterocycles. The molecule has 6 heteroatoms. The van der Waals surface area contributed by atoms with Gasteiger partial charge in [-0.15, -0.1) is 0 Å². The Hall–Kier alpha value is -2.63. The standard InChI is InChI=1S/C22H18BrClN4/c1-28(2)18-10-5-14(6-11-18)21-19-13-16(23)7-12-20(19)25-22(27-26-21)15-3-8-17(24)9-4-15/h3-13H,1-2H3,(H,25,27). The highest BCUT2D eigenvalue weighted by Crippen LogP contribution is 2.29. The summed E-state index contributed by atoms with van der Waals surface area (Å²) in [4.78, 5) is 6.89. The molecule has 0 unspecified atom stereocenters. The number of hydrogen-bond donors (Lipinski definition) is 1. The monoisotopic (exact) mass is 452 g/mol. The van der Waals surface area contributed by atoms with E-state index >= 15 is 0 Å². The highest BCUT2D eigenvalue weighted by Gasteiger charge is 2.18. The molecule has 0 bridgehead atoms. The van der Waals surface area contributed by atoms with Crippen molar-refractivity contribution < 1.29 is 0 Å². The number of fused-ring (bicyclic) bond motifs is 1. The van der Waals surface area contributed by atoms with Gasteiger partial charge in [-0.2, -0.15) is 5.10 Å². The lowest BCUT2D eigenvalue weighted by atomic mass is 10.0. The minimum Gasteiger partial charge on any atom is -0.378 e. The summed E-state index contributed by atoms with van der Waals surface area (Å²) in [7, 11) is 4.05. The minimum atomic E-state index is 0.681. The lowest BCUT2D eigenvalue weighted by molar-refractivity contribution is 1.03. The molecule has 0 saturated carbocycles. The van der Waals surface area contributed by atoms with E-state index < -0.39 is 0 Å². The minimum absolute atomic E-state index is 0.681. The molecule has 3 aromatic carbocycles. The Labute approximate surface area is 177 Å². The van der Waals surface area contributed by atoms with Gasteiger partial charge in [0.1, 0.15) is 5.71 Å². The van der Waals surface area contributed by atoms with Crippen LogP contribution in [0.1, 0.15) is 16.7 Å². The van der Waals surface area contributed by atoms with Gasteiger partial charge in [0.25, 0.3) is 0 Å². The average Bonchev–Trinajstić information content (AvgIpc) is 2.88. The van der Waals surface area contributed by atoms with Crippen molar-refractivity contribution in [1.29, 1.82) is 0 Å². The summed E-state index contributed by atoms with van der Waals surface area (Å²) in [5.74, 6) is 0.681. The summed E-state index contributed by atoms with van der Waals surface area (Å²) >= 11 is 9.59. The first-order valence-corrected chi connectivity index (χ1v) is 9.94. The van der Waals surface area contributed by atoms with Gasteiger partial charge in [0, 0.05) is 46.0 Å². The molecule has 0 aromatic heterocycles. The van der Waals surface area contributed by atoms with E-state index in [1.54, 1.807) is 0 Å². The van der Waals surface area contributed by atoms with E-state index in [-0.39, 0.29) is 0 Å². The van der Waals surface area contributed by atoms with E-state index in [0.29, 0.717) is 10.9 Å². The van der Waals surface area contributed by atoms with Crippen LogP contribution < -0.4 is 10.3 Å². The lowest BCUT2D eigenvalue weighted by Crippen LogP contribution is -2.19. The van der Waals surface area contributed by atoms with E-state index in [2.05, 4.69) is 50.5 Å². The maximum atomic E-state index is 6.02. The van der Waals surface area contributed by atoms with Gasteiger partial charge in [0.2, 0.25) is 0 Å². The van der Waals surface area contributed by atoms with Crippen LogP contribution in [0.3, 0.4) is 0 Å². The number of nitrogens with zero attached hydrogens (tertiary/aromatic N) is 3. The second kappa shape index (κ2) is 7.78. The Balaban J connectivity index is 1.81. The molecular formula is C22H18BrClN4. The number of benzene rings is 3. The summed E-state index contributed by atoms with van der Waals surface area (Å²) < 4.78 is 0.981. The Morgan fingerprint density at radius 1 is 0.893 bits per heavy atom. The highest BCUT2D eigenvalue weighted by atomic mass is 79.9. The van der Waals surface area contributed by atoms with Crippen LogP contribution in [0.5, 0.6) is 0 Å². The zero-order valence-corrected chi connectivity index (χ0v) is 17.8. The first-order chi connectivity index (χ1) is 13.5. The van der Waals surface area contributed by atoms with Crippen LogP contribution >= 0.6 is 27.5 Å². The summed E-state index contributed by atoms with van der Waals surface area (Å²) in [5.41, 5.74) is 8.88. The van der Waals surface area contributed by atoms with Crippen molar-refractivity contribution in [3.05, 3.63) is 92.9 Å². The third-order valence-electron chi connectivity index (χ3n) is 4.49. The predicted molar refractivity (Wildman–Crippen MR) is 121 cm³/mol. The molecule has 0 aliphatic carbocycles. The van der Waals surface area contributed by atoms with E-state index in [0.717, 1.165) is 38.2 Å². The molecule has 1 N–H and O–H groups in total. The first-order valence-electron chi connectivity index (χ1n) is 8.77. The molecule has 1 heterocycles. The van der Waals surface area contributed by atoms with E-state index in [4.69, 9.17) is 21.7 Å². The number of amidine groups is 1. The van der Waals surface area contributed by atoms with Crippen molar-refractivity contribution in [2.45, 2.75) is 0 Å². The second-order valence-electron chi connectivity index (χ2n) is 6.64. The fraction of sp³-hybridized carbons (Fsp3) is 0.0909. The zero-order valence-electron chi connectivity index (χ0n) is 15.4. The number of hydrogen-bond acceptors (Lipinski definition) is 4. The fourth-order valence-electron chi connectivity index (χ4n) is 2.98. The van der Waals surface area contributed by atoms with Crippen LogP contribution in [0, 0.1) is 0 Å². The number of anilines is 1. The van der Waals surface area contributed by atoms with E-state index in [1.807, 2.05) is 56.6 Å². The molecule has 4 rings (SSSR count). The van der Waals surface area contributed by atoms with Gasteiger partial charge in [-0.25, -0.2) is 4.99 Å². The quantitative estimate of drug-likeness (QED) is 0.560. The summed E-state index contributed by atoms with van der Waals surface area (Å²) in [6.45, 7) is 0. The van der Waals surface area contributed by atoms with Gasteiger partial charge in [-0.1, -0.05) is 39.7 Å². The molecular weight excluding hydrogens is 436 g/mol. The van der Waals surface area contributed by atoms with Gasteiger partial charge < -0.3 is 4.90 Å². The Morgan fingerprint density at radius 2 is 1.57 bits per heavy atom. The molecule has 4 nitrogen and oxygen atoms in total. The van der Waals surface area contributed by atoms with Crippen LogP contribution in [0.4, 0.5) is 11.4 Å². The summed E-state index contributed by atoms with van der Waals surface area (Å²) in [6, 6.07) is 21.9. The number of hydrazone groups is 1. The topological polar surface area (TPSA) is 40.0 Å². The molecule has 1 aliphatic rings. The predicted octanol–water partition coefficient (Wildman–Crippen LogP) is 5.60. The smallest absolute Gasteiger partial charge is 0.154 e.